The molecule has 0 aliphatic carbocycles. The van der Waals surface area contributed by atoms with Gasteiger partial charge in [0.05, 0.1) is 11.4 Å². The average molecular weight is 402 g/mol. The van der Waals surface area contributed by atoms with E-state index in [-0.39, 0.29) is 24.4 Å². The second-order valence-electron chi connectivity index (χ2n) is 6.95. The van der Waals surface area contributed by atoms with Crippen molar-refractivity contribution in [3.8, 4) is 0 Å². The maximum atomic E-state index is 14.4. The number of halogens is 3. The number of anilines is 2. The van der Waals surface area contributed by atoms with Crippen molar-refractivity contribution in [1.29, 1.82) is 0 Å². The second-order valence-corrected chi connectivity index (χ2v) is 6.95. The zero-order valence-corrected chi connectivity index (χ0v) is 15.2. The number of amides is 2. The number of aryl methyl sites for hydroxylation is 1. The van der Waals surface area contributed by atoms with Gasteiger partial charge in [0.2, 0.25) is 5.91 Å². The molecule has 2 amide bonds. The van der Waals surface area contributed by atoms with E-state index in [1.807, 2.05) is 0 Å². The maximum absolute atomic E-state index is 14.4. The molecule has 1 atom stereocenters. The average Bonchev–Trinajstić information content (AvgIpc) is 3.13. The fraction of sp³-hybridized carbons (Fsp3) is 0.250. The number of carbonyl (C=O) groups excluding carboxylic acids is 2. The molecule has 6 nitrogen and oxygen atoms in total. The molecule has 2 aliphatic rings. The first-order valence-electron chi connectivity index (χ1n) is 9.06. The molecule has 2 aromatic rings. The van der Waals surface area contributed by atoms with Crippen molar-refractivity contribution < 1.29 is 22.8 Å². The lowest BCUT2D eigenvalue weighted by atomic mass is 9.99. The highest BCUT2D eigenvalue weighted by molar-refractivity contribution is 6.45. The van der Waals surface area contributed by atoms with Gasteiger partial charge in [-0.15, -0.1) is 0 Å². The van der Waals surface area contributed by atoms with Gasteiger partial charge >= 0.3 is 0 Å². The lowest BCUT2D eigenvalue weighted by Gasteiger charge is -2.29. The van der Waals surface area contributed by atoms with Gasteiger partial charge < -0.3 is 10.6 Å². The molecular formula is C20H17F3N4O2. The van der Waals surface area contributed by atoms with E-state index in [4.69, 9.17) is 5.73 Å². The largest absolute Gasteiger partial charge is 0.368 e. The molecule has 0 saturated carbocycles. The summed E-state index contributed by atoms with van der Waals surface area (Å²) in [6, 6.07) is 6.26. The van der Waals surface area contributed by atoms with Crippen LogP contribution in [0.25, 0.3) is 0 Å². The van der Waals surface area contributed by atoms with E-state index < -0.39 is 35.3 Å². The lowest BCUT2D eigenvalue weighted by molar-refractivity contribution is -0.119. The summed E-state index contributed by atoms with van der Waals surface area (Å²) in [5.41, 5.74) is 6.31. The van der Waals surface area contributed by atoms with Crippen LogP contribution in [0.5, 0.6) is 0 Å². The molecule has 0 bridgehead atoms. The summed E-state index contributed by atoms with van der Waals surface area (Å²) < 4.78 is 41.2. The lowest BCUT2D eigenvalue weighted by Crippen LogP contribution is -2.42. The number of nitrogens with zero attached hydrogens (tertiary/aromatic N) is 3. The molecule has 2 N–H and O–H groups in total. The Labute approximate surface area is 164 Å². The zero-order valence-electron chi connectivity index (χ0n) is 15.2. The van der Waals surface area contributed by atoms with Gasteiger partial charge in [0, 0.05) is 19.0 Å². The molecule has 29 heavy (non-hydrogen) atoms. The van der Waals surface area contributed by atoms with Crippen LogP contribution in [0.2, 0.25) is 0 Å². The van der Waals surface area contributed by atoms with Crippen molar-refractivity contribution in [2.45, 2.75) is 25.3 Å². The molecule has 0 fully saturated rings. The van der Waals surface area contributed by atoms with E-state index >= 15 is 0 Å². The number of primary amides is 1. The summed E-state index contributed by atoms with van der Waals surface area (Å²) in [4.78, 5) is 26.2. The third-order valence-corrected chi connectivity index (χ3v) is 5.03. The molecule has 4 rings (SSSR count). The molecule has 0 aromatic heterocycles. The van der Waals surface area contributed by atoms with Crippen LogP contribution in [0, 0.1) is 17.5 Å². The summed E-state index contributed by atoms with van der Waals surface area (Å²) in [6.07, 6.45) is 0.919. The van der Waals surface area contributed by atoms with Crippen LogP contribution in [0.3, 0.4) is 0 Å². The summed E-state index contributed by atoms with van der Waals surface area (Å²) in [7, 11) is 0. The van der Waals surface area contributed by atoms with Gasteiger partial charge in [-0.2, -0.15) is 5.10 Å². The normalized spacial score (nSPS) is 18.4. The van der Waals surface area contributed by atoms with Crippen LogP contribution in [0.4, 0.5) is 24.5 Å². The Morgan fingerprint density at radius 3 is 2.48 bits per heavy atom. The SMILES string of the molecule is NC(=O)C1CC(C(=O)N2CCCc3cc(F)cc(F)c32)=NN1c1ccc(F)cc1. The summed E-state index contributed by atoms with van der Waals surface area (Å²) in [6.45, 7) is 0.241. The smallest absolute Gasteiger partial charge is 0.274 e. The highest BCUT2D eigenvalue weighted by Gasteiger charge is 2.38. The number of benzene rings is 2. The zero-order chi connectivity index (χ0) is 20.7. The predicted molar refractivity (Wildman–Crippen MR) is 101 cm³/mol. The summed E-state index contributed by atoms with van der Waals surface area (Å²) >= 11 is 0. The highest BCUT2D eigenvalue weighted by Crippen LogP contribution is 2.33. The predicted octanol–water partition coefficient (Wildman–Crippen LogP) is 2.50. The van der Waals surface area contributed by atoms with Gasteiger partial charge in [-0.1, -0.05) is 0 Å². The Morgan fingerprint density at radius 1 is 1.07 bits per heavy atom. The highest BCUT2D eigenvalue weighted by atomic mass is 19.1. The van der Waals surface area contributed by atoms with Gasteiger partial charge in [0.15, 0.2) is 0 Å². The number of fused-ring (bicyclic) bond motifs is 1. The van der Waals surface area contributed by atoms with E-state index in [2.05, 4.69) is 5.10 Å². The van der Waals surface area contributed by atoms with Crippen molar-refractivity contribution in [3.05, 3.63) is 59.4 Å². The molecule has 1 unspecified atom stereocenters. The quantitative estimate of drug-likeness (QED) is 0.857. The molecule has 2 aromatic carbocycles. The molecule has 150 valence electrons. The monoisotopic (exact) mass is 402 g/mol. The standard InChI is InChI=1S/C20H17F3N4O2/c21-12-3-5-14(6-4-12)27-17(19(24)28)10-16(25-27)20(29)26-7-1-2-11-8-13(22)9-15(23)18(11)26/h3-6,8-9,17H,1-2,7,10H2,(H2,24,28). The van der Waals surface area contributed by atoms with Crippen molar-refractivity contribution in [2.75, 3.05) is 16.5 Å². The summed E-state index contributed by atoms with van der Waals surface area (Å²) in [5, 5.41) is 5.49. The van der Waals surface area contributed by atoms with Crippen LogP contribution in [0.1, 0.15) is 18.4 Å². The Morgan fingerprint density at radius 2 is 1.79 bits per heavy atom. The number of carbonyl (C=O) groups is 2. The molecule has 0 saturated heterocycles. The van der Waals surface area contributed by atoms with E-state index in [1.54, 1.807) is 0 Å². The number of rotatable bonds is 3. The van der Waals surface area contributed by atoms with Crippen LogP contribution in [0.15, 0.2) is 41.5 Å². The molecule has 9 heteroatoms. The topological polar surface area (TPSA) is 79.0 Å². The Hall–Kier alpha value is -3.36. The molecule has 0 spiro atoms. The van der Waals surface area contributed by atoms with E-state index in [9.17, 15) is 22.8 Å². The van der Waals surface area contributed by atoms with E-state index in [0.29, 0.717) is 24.1 Å². The molecule has 0 radical (unpaired) electrons. The van der Waals surface area contributed by atoms with Gasteiger partial charge in [-0.3, -0.25) is 14.6 Å². The Kier molecular flexibility index (Phi) is 4.73. The van der Waals surface area contributed by atoms with Crippen LogP contribution in [-0.4, -0.2) is 30.1 Å². The summed E-state index contributed by atoms with van der Waals surface area (Å²) in [5.74, 6) is -3.27. The van der Waals surface area contributed by atoms with Crippen LogP contribution < -0.4 is 15.6 Å². The first kappa shape index (κ1) is 19.0. The first-order valence-corrected chi connectivity index (χ1v) is 9.06. The molecular weight excluding hydrogens is 385 g/mol. The Balaban J connectivity index is 1.68. The minimum atomic E-state index is -0.929. The first-order chi connectivity index (χ1) is 13.8. The van der Waals surface area contributed by atoms with Crippen molar-refractivity contribution >= 4 is 28.9 Å². The third kappa shape index (κ3) is 3.43. The Bertz CT molecular complexity index is 1020. The van der Waals surface area contributed by atoms with Crippen molar-refractivity contribution in [3.63, 3.8) is 0 Å². The van der Waals surface area contributed by atoms with Gasteiger partial charge in [-0.05, 0) is 48.7 Å². The fourth-order valence-corrected chi connectivity index (χ4v) is 3.70. The number of hydrogen-bond acceptors (Lipinski definition) is 4. The van der Waals surface area contributed by atoms with Crippen molar-refractivity contribution in [2.24, 2.45) is 10.8 Å². The van der Waals surface area contributed by atoms with Gasteiger partial charge in [0.25, 0.3) is 5.91 Å². The number of hydrogen-bond donors (Lipinski definition) is 1. The van der Waals surface area contributed by atoms with Gasteiger partial charge in [-0.25, -0.2) is 13.2 Å². The fourth-order valence-electron chi connectivity index (χ4n) is 3.70. The molecule has 2 aliphatic heterocycles. The van der Waals surface area contributed by atoms with E-state index in [0.717, 1.165) is 6.07 Å². The second kappa shape index (κ2) is 7.23. The number of nitrogens with two attached hydrogens (primary N) is 1. The third-order valence-electron chi connectivity index (χ3n) is 5.03. The van der Waals surface area contributed by atoms with Crippen LogP contribution in [-0.2, 0) is 16.0 Å². The minimum absolute atomic E-state index is 0.0229. The minimum Gasteiger partial charge on any atom is -0.368 e. The van der Waals surface area contributed by atoms with Crippen molar-refractivity contribution in [1.82, 2.24) is 0 Å². The van der Waals surface area contributed by atoms with Gasteiger partial charge in [0.1, 0.15) is 29.2 Å². The number of hydrazone groups is 1. The maximum Gasteiger partial charge on any atom is 0.274 e. The van der Waals surface area contributed by atoms with E-state index in [1.165, 1.54) is 40.2 Å². The van der Waals surface area contributed by atoms with Crippen LogP contribution >= 0.6 is 0 Å². The molecule has 2 heterocycles.